The molecule has 0 bridgehead atoms. The molecule has 1 aromatic heterocycles. The van der Waals surface area contributed by atoms with Crippen LogP contribution >= 0.6 is 11.8 Å². The van der Waals surface area contributed by atoms with Crippen molar-refractivity contribution in [2.75, 3.05) is 25.3 Å². The predicted molar refractivity (Wildman–Crippen MR) is 103 cm³/mol. The molecule has 1 N–H and O–H groups in total. The Morgan fingerprint density at radius 3 is 2.59 bits per heavy atom. The summed E-state index contributed by atoms with van der Waals surface area (Å²) in [6, 6.07) is 15.1. The van der Waals surface area contributed by atoms with Crippen molar-refractivity contribution in [1.29, 1.82) is 0 Å². The van der Waals surface area contributed by atoms with Crippen LogP contribution in [0.3, 0.4) is 0 Å². The summed E-state index contributed by atoms with van der Waals surface area (Å²) in [5, 5.41) is 10.5. The highest BCUT2D eigenvalue weighted by molar-refractivity contribution is 7.99. The third-order valence-corrected chi connectivity index (χ3v) is 4.68. The zero-order valence-electron chi connectivity index (χ0n) is 15.0. The topological polar surface area (TPSA) is 86.5 Å². The van der Waals surface area contributed by atoms with Gasteiger partial charge in [-0.1, -0.05) is 17.2 Å². The lowest BCUT2D eigenvalue weighted by atomic mass is 10.2. The van der Waals surface area contributed by atoms with E-state index >= 15 is 0 Å². The van der Waals surface area contributed by atoms with Gasteiger partial charge in [-0.15, -0.1) is 16.9 Å². The molecular weight excluding hydrogens is 366 g/mol. The summed E-state index contributed by atoms with van der Waals surface area (Å²) in [5.74, 6) is 2.15. The van der Waals surface area contributed by atoms with Gasteiger partial charge < -0.3 is 13.9 Å². The SMILES string of the molecule is COc1ccc(SCCC(=O)Nc2nnc(-c3ccccc3OC)o2)cc1. The van der Waals surface area contributed by atoms with Crippen LogP contribution in [-0.4, -0.2) is 36.1 Å². The number of methoxy groups -OCH3 is 2. The average Bonchev–Trinajstić information content (AvgIpc) is 3.16. The predicted octanol–water partition coefficient (Wildman–Crippen LogP) is 3.87. The Labute approximate surface area is 161 Å². The molecule has 0 aliphatic rings. The Kier molecular flexibility index (Phi) is 6.32. The van der Waals surface area contributed by atoms with Crippen molar-refractivity contribution in [3.05, 3.63) is 48.5 Å². The summed E-state index contributed by atoms with van der Waals surface area (Å²) in [6.07, 6.45) is 0.322. The molecule has 0 aliphatic heterocycles. The molecule has 0 atom stereocenters. The molecule has 1 amide bonds. The third-order valence-electron chi connectivity index (χ3n) is 3.67. The number of carbonyl (C=O) groups is 1. The minimum Gasteiger partial charge on any atom is -0.497 e. The van der Waals surface area contributed by atoms with Crippen molar-refractivity contribution in [2.45, 2.75) is 11.3 Å². The number of ether oxygens (including phenoxy) is 2. The summed E-state index contributed by atoms with van der Waals surface area (Å²) in [6.45, 7) is 0. The highest BCUT2D eigenvalue weighted by Gasteiger charge is 2.14. The molecule has 0 aliphatic carbocycles. The van der Waals surface area contributed by atoms with Gasteiger partial charge in [-0.3, -0.25) is 10.1 Å². The fraction of sp³-hybridized carbons (Fsp3) is 0.211. The van der Waals surface area contributed by atoms with Crippen LogP contribution in [0, 0.1) is 0 Å². The average molecular weight is 385 g/mol. The molecule has 8 heteroatoms. The van der Waals surface area contributed by atoms with Gasteiger partial charge in [-0.25, -0.2) is 0 Å². The van der Waals surface area contributed by atoms with Gasteiger partial charge in [0.25, 0.3) is 5.89 Å². The standard InChI is InChI=1S/C19H19N3O4S/c1-24-13-7-9-14(10-8-13)27-12-11-17(23)20-19-22-21-18(26-19)15-5-3-4-6-16(15)25-2/h3-10H,11-12H2,1-2H3,(H,20,22,23). The molecule has 27 heavy (non-hydrogen) atoms. The van der Waals surface area contributed by atoms with Crippen molar-refractivity contribution in [1.82, 2.24) is 10.2 Å². The van der Waals surface area contributed by atoms with Crippen LogP contribution in [0.5, 0.6) is 11.5 Å². The van der Waals surface area contributed by atoms with E-state index in [4.69, 9.17) is 13.9 Å². The van der Waals surface area contributed by atoms with Crippen LogP contribution in [0.25, 0.3) is 11.5 Å². The lowest BCUT2D eigenvalue weighted by Crippen LogP contribution is -2.12. The van der Waals surface area contributed by atoms with Crippen LogP contribution in [0.15, 0.2) is 57.8 Å². The van der Waals surface area contributed by atoms with Gasteiger partial charge >= 0.3 is 6.01 Å². The molecule has 0 fully saturated rings. The number of nitrogens with one attached hydrogen (secondary N) is 1. The minimum atomic E-state index is -0.189. The first-order valence-electron chi connectivity index (χ1n) is 8.23. The number of thioether (sulfide) groups is 1. The Hall–Kier alpha value is -3.00. The van der Waals surface area contributed by atoms with Crippen LogP contribution in [-0.2, 0) is 4.79 Å². The Morgan fingerprint density at radius 1 is 1.07 bits per heavy atom. The number of hydrogen-bond donors (Lipinski definition) is 1. The van der Waals surface area contributed by atoms with Gasteiger partial charge in [0.1, 0.15) is 11.5 Å². The lowest BCUT2D eigenvalue weighted by molar-refractivity contribution is -0.115. The van der Waals surface area contributed by atoms with Crippen molar-refractivity contribution < 1.29 is 18.7 Å². The molecule has 0 saturated heterocycles. The number of nitrogens with zero attached hydrogens (tertiary/aromatic N) is 2. The highest BCUT2D eigenvalue weighted by Crippen LogP contribution is 2.29. The molecule has 0 saturated carbocycles. The zero-order valence-corrected chi connectivity index (χ0v) is 15.8. The van der Waals surface area contributed by atoms with E-state index in [1.54, 1.807) is 32.0 Å². The maximum Gasteiger partial charge on any atom is 0.322 e. The number of carbonyl (C=O) groups excluding carboxylic acids is 1. The summed E-state index contributed by atoms with van der Waals surface area (Å²) in [5.41, 5.74) is 0.670. The van der Waals surface area contributed by atoms with Crippen LogP contribution in [0.2, 0.25) is 0 Å². The monoisotopic (exact) mass is 385 g/mol. The van der Waals surface area contributed by atoms with E-state index in [0.717, 1.165) is 10.6 Å². The van der Waals surface area contributed by atoms with E-state index in [1.807, 2.05) is 42.5 Å². The van der Waals surface area contributed by atoms with Gasteiger partial charge in [0.2, 0.25) is 5.91 Å². The number of aromatic nitrogens is 2. The molecule has 0 spiro atoms. The zero-order chi connectivity index (χ0) is 19.1. The first-order valence-corrected chi connectivity index (χ1v) is 9.21. The second-order valence-corrected chi connectivity index (χ2v) is 6.60. The molecule has 3 rings (SSSR count). The first-order chi connectivity index (χ1) is 13.2. The third kappa shape index (κ3) is 5.01. The fourth-order valence-electron chi connectivity index (χ4n) is 2.32. The smallest absolute Gasteiger partial charge is 0.322 e. The quantitative estimate of drug-likeness (QED) is 0.589. The number of benzene rings is 2. The van der Waals surface area contributed by atoms with Crippen molar-refractivity contribution in [3.8, 4) is 23.0 Å². The van der Waals surface area contributed by atoms with Crippen molar-refractivity contribution in [2.24, 2.45) is 0 Å². The summed E-state index contributed by atoms with van der Waals surface area (Å²) in [7, 11) is 3.20. The van der Waals surface area contributed by atoms with Gasteiger partial charge in [-0.2, -0.15) is 0 Å². The number of para-hydroxylation sites is 1. The highest BCUT2D eigenvalue weighted by atomic mass is 32.2. The second-order valence-electron chi connectivity index (χ2n) is 5.43. The van der Waals surface area contributed by atoms with Gasteiger partial charge in [0, 0.05) is 17.1 Å². The van der Waals surface area contributed by atoms with Crippen molar-refractivity contribution in [3.63, 3.8) is 0 Å². The van der Waals surface area contributed by atoms with E-state index < -0.39 is 0 Å². The van der Waals surface area contributed by atoms with Gasteiger partial charge in [0.05, 0.1) is 19.8 Å². The normalized spacial score (nSPS) is 10.4. The Morgan fingerprint density at radius 2 is 1.85 bits per heavy atom. The molecule has 0 unspecified atom stereocenters. The second kappa shape index (κ2) is 9.09. The van der Waals surface area contributed by atoms with E-state index in [0.29, 0.717) is 23.5 Å². The molecule has 7 nitrogen and oxygen atoms in total. The molecule has 0 radical (unpaired) electrons. The Balaban J connectivity index is 1.51. The molecular formula is C19H19N3O4S. The summed E-state index contributed by atoms with van der Waals surface area (Å²) >= 11 is 1.59. The van der Waals surface area contributed by atoms with Crippen LogP contribution < -0.4 is 14.8 Å². The van der Waals surface area contributed by atoms with E-state index in [2.05, 4.69) is 15.5 Å². The minimum absolute atomic E-state index is 0.0651. The molecule has 140 valence electrons. The number of amides is 1. The number of rotatable bonds is 8. The summed E-state index contributed by atoms with van der Waals surface area (Å²) < 4.78 is 15.9. The van der Waals surface area contributed by atoms with Gasteiger partial charge in [0.15, 0.2) is 0 Å². The van der Waals surface area contributed by atoms with E-state index in [-0.39, 0.29) is 17.8 Å². The molecule has 3 aromatic rings. The Bertz CT molecular complexity index is 896. The van der Waals surface area contributed by atoms with Crippen LogP contribution in [0.1, 0.15) is 6.42 Å². The van der Waals surface area contributed by atoms with E-state index in [1.165, 1.54) is 0 Å². The van der Waals surface area contributed by atoms with Crippen LogP contribution in [0.4, 0.5) is 6.01 Å². The first kappa shape index (κ1) is 18.8. The van der Waals surface area contributed by atoms with Gasteiger partial charge in [-0.05, 0) is 36.4 Å². The maximum absolute atomic E-state index is 12.1. The largest absolute Gasteiger partial charge is 0.497 e. The van der Waals surface area contributed by atoms with E-state index in [9.17, 15) is 4.79 Å². The summed E-state index contributed by atoms with van der Waals surface area (Å²) in [4.78, 5) is 13.1. The maximum atomic E-state index is 12.1. The molecule has 1 heterocycles. The number of anilines is 1. The fourth-order valence-corrected chi connectivity index (χ4v) is 3.17. The lowest BCUT2D eigenvalue weighted by Gasteiger charge is -2.04. The van der Waals surface area contributed by atoms with Crippen molar-refractivity contribution >= 4 is 23.7 Å². The number of hydrogen-bond acceptors (Lipinski definition) is 7. The molecule has 2 aromatic carbocycles.